The van der Waals surface area contributed by atoms with E-state index in [0.29, 0.717) is 46.8 Å². The second kappa shape index (κ2) is 12.2. The van der Waals surface area contributed by atoms with Crippen molar-refractivity contribution >= 4 is 23.4 Å². The highest BCUT2D eigenvalue weighted by molar-refractivity contribution is 6.05. The van der Waals surface area contributed by atoms with E-state index < -0.39 is 17.8 Å². The number of nitrogens with zero attached hydrogens (tertiary/aromatic N) is 3. The molecule has 3 aromatic rings. The lowest BCUT2D eigenvalue weighted by Crippen LogP contribution is -2.52. The van der Waals surface area contributed by atoms with E-state index in [2.05, 4.69) is 10.6 Å². The molecule has 3 aromatic carbocycles. The lowest BCUT2D eigenvalue weighted by Gasteiger charge is -2.40. The molecule has 4 aliphatic heterocycles. The summed E-state index contributed by atoms with van der Waals surface area (Å²) in [7, 11) is 0. The van der Waals surface area contributed by atoms with E-state index in [1.54, 1.807) is 36.4 Å². The first-order valence-corrected chi connectivity index (χ1v) is 15.7. The van der Waals surface area contributed by atoms with Crippen LogP contribution in [-0.2, 0) is 29.2 Å². The van der Waals surface area contributed by atoms with Crippen LogP contribution >= 0.6 is 0 Å². The number of carbonyl (C=O) groups is 3. The molecule has 236 valence electrons. The molecule has 7 rings (SSSR count). The molecule has 0 aromatic heterocycles. The summed E-state index contributed by atoms with van der Waals surface area (Å²) < 4.78 is 36.4. The van der Waals surface area contributed by atoms with Crippen LogP contribution in [-0.4, -0.2) is 48.3 Å². The van der Waals surface area contributed by atoms with E-state index in [-0.39, 0.29) is 55.6 Å². The van der Waals surface area contributed by atoms with Gasteiger partial charge in [-0.25, -0.2) is 8.78 Å². The fourth-order valence-corrected chi connectivity index (χ4v) is 7.35. The maximum absolute atomic E-state index is 15.6. The van der Waals surface area contributed by atoms with Crippen LogP contribution in [0.1, 0.15) is 69.9 Å². The van der Waals surface area contributed by atoms with E-state index in [1.165, 1.54) is 11.0 Å². The molecule has 9 nitrogen and oxygen atoms in total. The van der Waals surface area contributed by atoms with Gasteiger partial charge in [0.2, 0.25) is 11.8 Å². The SMILES string of the molecule is N#Cc1ccc(N2CCC(C3NCCc4cc(COc5cccc6c5CN([C@H]5CCC(=O)NC5=O)C6=O)c(F)cc43)CC2)c(F)c1. The number of fused-ring (bicyclic) bond motifs is 2. The molecule has 46 heavy (non-hydrogen) atoms. The Labute approximate surface area is 265 Å². The molecule has 2 saturated heterocycles. The number of piperidine rings is 2. The van der Waals surface area contributed by atoms with Crippen LogP contribution in [0.4, 0.5) is 14.5 Å². The number of hydrogen-bond acceptors (Lipinski definition) is 7. The van der Waals surface area contributed by atoms with Gasteiger partial charge in [-0.1, -0.05) is 6.07 Å². The summed E-state index contributed by atoms with van der Waals surface area (Å²) in [4.78, 5) is 40.7. The molecule has 11 heteroatoms. The predicted octanol–water partition coefficient (Wildman–Crippen LogP) is 4.28. The van der Waals surface area contributed by atoms with E-state index in [1.807, 2.05) is 17.0 Å². The van der Waals surface area contributed by atoms with Gasteiger partial charge in [-0.2, -0.15) is 5.26 Å². The Morgan fingerprint density at radius 1 is 0.978 bits per heavy atom. The predicted molar refractivity (Wildman–Crippen MR) is 164 cm³/mol. The molecule has 0 bridgehead atoms. The van der Waals surface area contributed by atoms with Gasteiger partial charge in [0.15, 0.2) is 0 Å². The standard InChI is InChI=1S/C35H33F2N5O4/c36-27-16-25-22(8-11-39-33(25)21-9-12-41(13-10-21)29-5-4-20(17-38)14-28(29)37)15-23(27)19-46-31-3-1-2-24-26(31)18-42(35(24)45)30-6-7-32(43)40-34(30)44/h1-5,14-16,21,30,33,39H,6-13,18-19H2,(H,40,43,44)/t30-,33?/m0/s1. The van der Waals surface area contributed by atoms with Gasteiger partial charge in [-0.3, -0.25) is 19.7 Å². The summed E-state index contributed by atoms with van der Waals surface area (Å²) in [5.41, 5.74) is 4.33. The molecular formula is C35H33F2N5O4. The summed E-state index contributed by atoms with van der Waals surface area (Å²) in [6, 6.07) is 14.4. The summed E-state index contributed by atoms with van der Waals surface area (Å²) in [5, 5.41) is 14.9. The second-order valence-corrected chi connectivity index (χ2v) is 12.4. The van der Waals surface area contributed by atoms with E-state index in [4.69, 9.17) is 10.00 Å². The van der Waals surface area contributed by atoms with Crippen molar-refractivity contribution in [2.45, 2.75) is 57.3 Å². The van der Waals surface area contributed by atoms with Crippen LogP contribution in [0, 0.1) is 28.9 Å². The zero-order valence-corrected chi connectivity index (χ0v) is 25.2. The molecule has 2 N–H and O–H groups in total. The number of nitriles is 1. The number of carbonyl (C=O) groups excluding carboxylic acids is 3. The normalized spacial score (nSPS) is 21.5. The average Bonchev–Trinajstić information content (AvgIpc) is 3.40. The van der Waals surface area contributed by atoms with Crippen molar-refractivity contribution in [3.63, 3.8) is 0 Å². The topological polar surface area (TPSA) is 115 Å². The number of amides is 3. The van der Waals surface area contributed by atoms with Gasteiger partial charge < -0.3 is 19.9 Å². The maximum Gasteiger partial charge on any atom is 0.255 e. The summed E-state index contributed by atoms with van der Waals surface area (Å²) in [6.45, 7) is 2.25. The lowest BCUT2D eigenvalue weighted by atomic mass is 9.80. The molecule has 0 radical (unpaired) electrons. The minimum absolute atomic E-state index is 0.0113. The molecule has 2 atom stereocenters. The van der Waals surface area contributed by atoms with Crippen LogP contribution in [0.5, 0.6) is 5.75 Å². The first-order valence-electron chi connectivity index (χ1n) is 15.7. The third-order valence-electron chi connectivity index (χ3n) is 9.75. The molecule has 4 heterocycles. The fraction of sp³-hybridized carbons (Fsp3) is 0.371. The number of hydrogen-bond donors (Lipinski definition) is 2. The molecule has 0 saturated carbocycles. The minimum atomic E-state index is -0.727. The van der Waals surface area contributed by atoms with Crippen molar-refractivity contribution in [1.82, 2.24) is 15.5 Å². The summed E-state index contributed by atoms with van der Waals surface area (Å²) >= 11 is 0. The van der Waals surface area contributed by atoms with Crippen LogP contribution < -0.4 is 20.3 Å². The first kappa shape index (κ1) is 29.9. The van der Waals surface area contributed by atoms with Crippen molar-refractivity contribution in [3.05, 3.63) is 93.5 Å². The Morgan fingerprint density at radius 2 is 1.80 bits per heavy atom. The van der Waals surface area contributed by atoms with Crippen LogP contribution in [0.3, 0.4) is 0 Å². The second-order valence-electron chi connectivity index (χ2n) is 12.4. The molecule has 0 spiro atoms. The fourth-order valence-electron chi connectivity index (χ4n) is 7.35. The molecule has 2 fully saturated rings. The Kier molecular flexibility index (Phi) is 7.90. The highest BCUT2D eigenvalue weighted by Crippen LogP contribution is 2.38. The zero-order valence-electron chi connectivity index (χ0n) is 25.2. The smallest absolute Gasteiger partial charge is 0.255 e. The van der Waals surface area contributed by atoms with Gasteiger partial charge in [0.1, 0.15) is 30.0 Å². The average molecular weight is 626 g/mol. The Balaban J connectivity index is 1.03. The van der Waals surface area contributed by atoms with Crippen LogP contribution in [0.2, 0.25) is 0 Å². The number of rotatable bonds is 6. The van der Waals surface area contributed by atoms with Crippen molar-refractivity contribution in [3.8, 4) is 11.8 Å². The highest BCUT2D eigenvalue weighted by atomic mass is 19.1. The third kappa shape index (κ3) is 5.47. The van der Waals surface area contributed by atoms with Crippen molar-refractivity contribution < 1.29 is 27.9 Å². The lowest BCUT2D eigenvalue weighted by molar-refractivity contribution is -0.136. The third-order valence-corrected chi connectivity index (χ3v) is 9.75. The number of benzene rings is 3. The summed E-state index contributed by atoms with van der Waals surface area (Å²) in [5.74, 6) is -1.15. The number of anilines is 1. The van der Waals surface area contributed by atoms with Gasteiger partial charge in [0.05, 0.1) is 23.9 Å². The van der Waals surface area contributed by atoms with E-state index in [9.17, 15) is 18.8 Å². The Hall–Kier alpha value is -4.82. The molecular weight excluding hydrogens is 592 g/mol. The monoisotopic (exact) mass is 625 g/mol. The summed E-state index contributed by atoms with van der Waals surface area (Å²) in [6.07, 6.45) is 2.83. The van der Waals surface area contributed by atoms with Crippen molar-refractivity contribution in [2.75, 3.05) is 24.5 Å². The Bertz CT molecular complexity index is 1780. The van der Waals surface area contributed by atoms with E-state index >= 15 is 4.39 Å². The number of ether oxygens (including phenoxy) is 1. The largest absolute Gasteiger partial charge is 0.488 e. The quantitative estimate of drug-likeness (QED) is 0.393. The van der Waals surface area contributed by atoms with Crippen molar-refractivity contribution in [1.29, 1.82) is 5.26 Å². The Morgan fingerprint density at radius 3 is 2.57 bits per heavy atom. The molecule has 1 unspecified atom stereocenters. The molecule has 3 amide bonds. The first-order chi connectivity index (χ1) is 22.3. The minimum Gasteiger partial charge on any atom is -0.488 e. The van der Waals surface area contributed by atoms with Gasteiger partial charge >= 0.3 is 0 Å². The molecule has 0 aliphatic carbocycles. The van der Waals surface area contributed by atoms with Gasteiger partial charge in [0, 0.05) is 42.2 Å². The van der Waals surface area contributed by atoms with Crippen LogP contribution in [0.25, 0.3) is 0 Å². The van der Waals surface area contributed by atoms with Gasteiger partial charge in [0.25, 0.3) is 5.91 Å². The number of nitrogens with one attached hydrogen (secondary N) is 2. The highest BCUT2D eigenvalue weighted by Gasteiger charge is 2.40. The zero-order chi connectivity index (χ0) is 31.9. The van der Waals surface area contributed by atoms with Crippen LogP contribution in [0.15, 0.2) is 48.5 Å². The van der Waals surface area contributed by atoms with Crippen molar-refractivity contribution in [2.24, 2.45) is 5.92 Å². The number of halogens is 2. The van der Waals surface area contributed by atoms with Gasteiger partial charge in [-0.15, -0.1) is 0 Å². The maximum atomic E-state index is 15.6. The number of imide groups is 1. The van der Waals surface area contributed by atoms with E-state index in [0.717, 1.165) is 36.9 Å². The van der Waals surface area contributed by atoms with Gasteiger partial charge in [-0.05, 0) is 91.7 Å². The molecule has 4 aliphatic rings.